The van der Waals surface area contributed by atoms with Crippen molar-refractivity contribution < 1.29 is 19.1 Å². The minimum absolute atomic E-state index is 0.186. The van der Waals surface area contributed by atoms with Gasteiger partial charge in [-0.15, -0.1) is 0 Å². The highest BCUT2D eigenvalue weighted by molar-refractivity contribution is 6.32. The number of aromatic nitrogens is 2. The second-order valence-electron chi connectivity index (χ2n) is 6.41. The van der Waals surface area contributed by atoms with Crippen molar-refractivity contribution in [1.29, 1.82) is 0 Å². The monoisotopic (exact) mass is 393 g/mol. The summed E-state index contributed by atoms with van der Waals surface area (Å²) in [5.74, 6) is -0.0822. The highest BCUT2D eigenvalue weighted by Crippen LogP contribution is 2.22. The zero-order valence-electron chi connectivity index (χ0n) is 15.9. The van der Waals surface area contributed by atoms with Crippen LogP contribution in [0.15, 0.2) is 24.3 Å². The van der Waals surface area contributed by atoms with E-state index >= 15 is 0 Å². The number of carbonyl (C=O) groups is 2. The third-order valence-electron chi connectivity index (χ3n) is 3.59. The van der Waals surface area contributed by atoms with Gasteiger partial charge < -0.3 is 14.8 Å². The molecule has 1 amide bonds. The number of halogens is 1. The molecular weight excluding hydrogens is 370 g/mol. The van der Waals surface area contributed by atoms with Crippen LogP contribution in [-0.4, -0.2) is 34.9 Å². The molecule has 1 aromatic carbocycles. The number of esters is 1. The highest BCUT2D eigenvalue weighted by Gasteiger charge is 2.22. The van der Waals surface area contributed by atoms with E-state index < -0.39 is 18.5 Å². The summed E-state index contributed by atoms with van der Waals surface area (Å²) in [6.45, 7) is 8.36. The van der Waals surface area contributed by atoms with E-state index in [4.69, 9.17) is 21.1 Å². The van der Waals surface area contributed by atoms with Gasteiger partial charge in [-0.05, 0) is 44.0 Å². The summed E-state index contributed by atoms with van der Waals surface area (Å²) in [6, 6.07) is 6.91. The molecule has 2 aromatic rings. The van der Waals surface area contributed by atoms with Crippen molar-refractivity contribution in [3.63, 3.8) is 0 Å². The van der Waals surface area contributed by atoms with Crippen LogP contribution in [0.2, 0.25) is 5.15 Å². The normalized spacial score (nSPS) is 10.7. The van der Waals surface area contributed by atoms with Gasteiger partial charge in [-0.25, -0.2) is 4.79 Å². The van der Waals surface area contributed by atoms with Gasteiger partial charge in [-0.1, -0.05) is 25.4 Å². The van der Waals surface area contributed by atoms with Gasteiger partial charge >= 0.3 is 5.97 Å². The molecule has 1 N–H and O–H groups in total. The third kappa shape index (κ3) is 5.72. The second-order valence-corrected chi connectivity index (χ2v) is 6.77. The Morgan fingerprint density at radius 1 is 1.26 bits per heavy atom. The summed E-state index contributed by atoms with van der Waals surface area (Å²) in [4.78, 5) is 24.3. The van der Waals surface area contributed by atoms with Crippen molar-refractivity contribution in [2.45, 2.75) is 34.2 Å². The topological polar surface area (TPSA) is 82.4 Å². The Hall–Kier alpha value is -2.54. The molecular formula is C19H24ClN3O4. The predicted molar refractivity (Wildman–Crippen MR) is 103 cm³/mol. The highest BCUT2D eigenvalue weighted by atomic mass is 35.5. The molecule has 0 aliphatic carbocycles. The second kappa shape index (κ2) is 9.41. The maximum atomic E-state index is 12.3. The molecule has 1 heterocycles. The number of amides is 1. The van der Waals surface area contributed by atoms with Crippen molar-refractivity contribution >= 4 is 29.2 Å². The lowest BCUT2D eigenvalue weighted by Crippen LogP contribution is -2.21. The fourth-order valence-electron chi connectivity index (χ4n) is 2.45. The molecule has 0 saturated heterocycles. The van der Waals surface area contributed by atoms with Gasteiger partial charge in [0.1, 0.15) is 16.5 Å². The Labute approximate surface area is 163 Å². The Morgan fingerprint density at radius 2 is 1.93 bits per heavy atom. The van der Waals surface area contributed by atoms with Crippen LogP contribution in [0.4, 0.5) is 5.69 Å². The van der Waals surface area contributed by atoms with E-state index in [-0.39, 0.29) is 10.7 Å². The number of nitrogens with zero attached hydrogens (tertiary/aromatic N) is 2. The van der Waals surface area contributed by atoms with Gasteiger partial charge in [0, 0.05) is 12.2 Å². The summed E-state index contributed by atoms with van der Waals surface area (Å²) in [6.07, 6.45) is 0. The van der Waals surface area contributed by atoms with E-state index in [1.54, 1.807) is 35.9 Å². The molecule has 146 valence electrons. The van der Waals surface area contributed by atoms with Crippen LogP contribution in [-0.2, 0) is 16.1 Å². The SMILES string of the molecule is CCOc1ccc(NC(=O)COC(=O)c2c(C)nn(CC(C)C)c2Cl)cc1. The summed E-state index contributed by atoms with van der Waals surface area (Å²) in [7, 11) is 0. The van der Waals surface area contributed by atoms with Gasteiger partial charge in [0.2, 0.25) is 0 Å². The van der Waals surface area contributed by atoms with Crippen LogP contribution in [0.1, 0.15) is 36.8 Å². The first-order valence-electron chi connectivity index (χ1n) is 8.74. The lowest BCUT2D eigenvalue weighted by Gasteiger charge is -2.08. The quantitative estimate of drug-likeness (QED) is 0.691. The molecule has 0 radical (unpaired) electrons. The van der Waals surface area contributed by atoms with E-state index in [1.807, 2.05) is 20.8 Å². The summed E-state index contributed by atoms with van der Waals surface area (Å²) >= 11 is 6.24. The fourth-order valence-corrected chi connectivity index (χ4v) is 2.77. The average Bonchev–Trinajstić information content (AvgIpc) is 2.88. The van der Waals surface area contributed by atoms with Crippen molar-refractivity contribution in [3.05, 3.63) is 40.7 Å². The smallest absolute Gasteiger partial charge is 0.343 e. The first kappa shape index (κ1) is 20.8. The number of ether oxygens (including phenoxy) is 2. The Balaban J connectivity index is 1.93. The van der Waals surface area contributed by atoms with Crippen molar-refractivity contribution in [1.82, 2.24) is 9.78 Å². The molecule has 0 aliphatic heterocycles. The van der Waals surface area contributed by atoms with Gasteiger partial charge in [0.05, 0.1) is 12.3 Å². The molecule has 1 aromatic heterocycles. The molecule has 0 aliphatic rings. The van der Waals surface area contributed by atoms with Crippen LogP contribution in [0.5, 0.6) is 5.75 Å². The minimum atomic E-state index is -0.672. The number of nitrogens with one attached hydrogen (secondary N) is 1. The number of benzene rings is 1. The minimum Gasteiger partial charge on any atom is -0.494 e. The first-order valence-corrected chi connectivity index (χ1v) is 9.12. The van der Waals surface area contributed by atoms with E-state index in [0.29, 0.717) is 36.2 Å². The summed E-state index contributed by atoms with van der Waals surface area (Å²) in [5, 5.41) is 7.13. The third-order valence-corrected chi connectivity index (χ3v) is 3.98. The zero-order valence-corrected chi connectivity index (χ0v) is 16.7. The number of hydrogen-bond acceptors (Lipinski definition) is 5. The molecule has 27 heavy (non-hydrogen) atoms. The lowest BCUT2D eigenvalue weighted by molar-refractivity contribution is -0.119. The van der Waals surface area contributed by atoms with E-state index in [9.17, 15) is 9.59 Å². The molecule has 0 atom stereocenters. The van der Waals surface area contributed by atoms with E-state index in [0.717, 1.165) is 0 Å². The molecule has 0 unspecified atom stereocenters. The van der Waals surface area contributed by atoms with Gasteiger partial charge in [0.25, 0.3) is 5.91 Å². The molecule has 0 bridgehead atoms. The summed E-state index contributed by atoms with van der Waals surface area (Å²) in [5.41, 5.74) is 1.24. The van der Waals surface area contributed by atoms with Crippen LogP contribution in [0.25, 0.3) is 0 Å². The summed E-state index contributed by atoms with van der Waals surface area (Å²) < 4.78 is 12.0. The van der Waals surface area contributed by atoms with Gasteiger partial charge in [-0.2, -0.15) is 5.10 Å². The van der Waals surface area contributed by atoms with Crippen molar-refractivity contribution in [2.75, 3.05) is 18.5 Å². The van der Waals surface area contributed by atoms with Gasteiger partial charge in [-0.3, -0.25) is 9.48 Å². The number of aryl methyl sites for hydroxylation is 1. The largest absolute Gasteiger partial charge is 0.494 e. The first-order chi connectivity index (χ1) is 12.8. The van der Waals surface area contributed by atoms with Crippen LogP contribution in [0, 0.1) is 12.8 Å². The van der Waals surface area contributed by atoms with Crippen LogP contribution >= 0.6 is 11.6 Å². The maximum Gasteiger partial charge on any atom is 0.343 e. The number of anilines is 1. The molecule has 7 nitrogen and oxygen atoms in total. The zero-order chi connectivity index (χ0) is 20.0. The molecule has 2 rings (SSSR count). The Kier molecular flexibility index (Phi) is 7.24. The van der Waals surface area contributed by atoms with Crippen molar-refractivity contribution in [2.24, 2.45) is 5.92 Å². The molecule has 8 heteroatoms. The standard InChI is InChI=1S/C19H24ClN3O4/c1-5-26-15-8-6-14(7-9-15)21-16(24)11-27-19(25)17-13(4)22-23(18(17)20)10-12(2)3/h6-9,12H,5,10-11H2,1-4H3,(H,21,24). The molecule has 0 fully saturated rings. The maximum absolute atomic E-state index is 12.3. The predicted octanol–water partition coefficient (Wildman–Crippen LogP) is 3.70. The van der Waals surface area contributed by atoms with E-state index in [2.05, 4.69) is 10.4 Å². The number of carbonyl (C=O) groups excluding carboxylic acids is 2. The van der Waals surface area contributed by atoms with E-state index in [1.165, 1.54) is 0 Å². The van der Waals surface area contributed by atoms with Crippen LogP contribution in [0.3, 0.4) is 0 Å². The lowest BCUT2D eigenvalue weighted by atomic mass is 10.2. The average molecular weight is 394 g/mol. The Bertz CT molecular complexity index is 800. The Morgan fingerprint density at radius 3 is 2.52 bits per heavy atom. The van der Waals surface area contributed by atoms with Gasteiger partial charge in [0.15, 0.2) is 6.61 Å². The number of hydrogen-bond donors (Lipinski definition) is 1. The molecule has 0 spiro atoms. The number of rotatable bonds is 8. The van der Waals surface area contributed by atoms with Crippen molar-refractivity contribution in [3.8, 4) is 5.75 Å². The van der Waals surface area contributed by atoms with Crippen LogP contribution < -0.4 is 10.1 Å². The fraction of sp³-hybridized carbons (Fsp3) is 0.421. The molecule has 0 saturated carbocycles.